The monoisotopic (exact) mass is 282 g/mol. The number of hydrogen-bond donors (Lipinski definition) is 1. The maximum atomic E-state index is 12.0. The van der Waals surface area contributed by atoms with Crippen LogP contribution in [0.25, 0.3) is 0 Å². The quantitative estimate of drug-likeness (QED) is 0.907. The molecule has 1 aromatic heterocycles. The van der Waals surface area contributed by atoms with E-state index in [0.717, 1.165) is 12.8 Å². The highest BCUT2D eigenvalue weighted by Crippen LogP contribution is 2.47. The number of rotatable bonds is 5. The van der Waals surface area contributed by atoms with E-state index in [0.29, 0.717) is 6.54 Å². The van der Waals surface area contributed by atoms with Crippen LogP contribution in [-0.2, 0) is 16.8 Å². The van der Waals surface area contributed by atoms with Crippen molar-refractivity contribution in [3.8, 4) is 0 Å². The van der Waals surface area contributed by atoms with Gasteiger partial charge >= 0.3 is 0 Å². The van der Waals surface area contributed by atoms with Gasteiger partial charge in [-0.05, 0) is 24.5 Å². The summed E-state index contributed by atoms with van der Waals surface area (Å²) in [5.74, 6) is -0.120. The molecule has 2 aromatic rings. The van der Waals surface area contributed by atoms with Crippen molar-refractivity contribution in [3.63, 3.8) is 0 Å². The Morgan fingerprint density at radius 3 is 2.48 bits per heavy atom. The lowest BCUT2D eigenvalue weighted by atomic mass is 9.96. The van der Waals surface area contributed by atoms with Crippen LogP contribution >= 0.6 is 0 Å². The minimum atomic E-state index is -0.156. The number of carbonyl (C=O) groups is 1. The van der Waals surface area contributed by atoms with E-state index in [9.17, 15) is 9.59 Å². The number of amides is 1. The summed E-state index contributed by atoms with van der Waals surface area (Å²) in [4.78, 5) is 23.6. The number of nitrogens with zero attached hydrogens (tertiary/aromatic N) is 1. The first-order valence-corrected chi connectivity index (χ1v) is 7.17. The summed E-state index contributed by atoms with van der Waals surface area (Å²) in [7, 11) is 0. The average Bonchev–Trinajstić information content (AvgIpc) is 3.30. The minimum Gasteiger partial charge on any atom is -0.354 e. The molecule has 0 unspecified atom stereocenters. The lowest BCUT2D eigenvalue weighted by Crippen LogP contribution is -2.36. The molecule has 1 fully saturated rings. The van der Waals surface area contributed by atoms with E-state index < -0.39 is 0 Å². The van der Waals surface area contributed by atoms with E-state index in [1.807, 2.05) is 18.2 Å². The van der Waals surface area contributed by atoms with Crippen LogP contribution < -0.4 is 10.9 Å². The van der Waals surface area contributed by atoms with Gasteiger partial charge in [0, 0.05) is 24.2 Å². The molecule has 1 aliphatic carbocycles. The fourth-order valence-corrected chi connectivity index (χ4v) is 2.58. The Bertz CT molecular complexity index is 687. The first kappa shape index (κ1) is 13.6. The second kappa shape index (κ2) is 5.56. The number of benzene rings is 1. The van der Waals surface area contributed by atoms with E-state index in [-0.39, 0.29) is 23.4 Å². The van der Waals surface area contributed by atoms with Crippen LogP contribution in [-0.4, -0.2) is 17.0 Å². The van der Waals surface area contributed by atoms with Gasteiger partial charge in [0.15, 0.2) is 0 Å². The Hall–Kier alpha value is -2.36. The van der Waals surface area contributed by atoms with Gasteiger partial charge in [0.25, 0.3) is 5.56 Å². The molecule has 3 rings (SSSR count). The number of aromatic nitrogens is 1. The molecule has 1 aromatic carbocycles. The Morgan fingerprint density at radius 2 is 1.81 bits per heavy atom. The van der Waals surface area contributed by atoms with Gasteiger partial charge in [0.05, 0.1) is 0 Å². The highest BCUT2D eigenvalue weighted by molar-refractivity contribution is 5.76. The number of hydrogen-bond acceptors (Lipinski definition) is 2. The van der Waals surface area contributed by atoms with Gasteiger partial charge in [0.1, 0.15) is 6.54 Å². The Balaban J connectivity index is 1.60. The van der Waals surface area contributed by atoms with Gasteiger partial charge in [-0.15, -0.1) is 0 Å². The zero-order valence-electron chi connectivity index (χ0n) is 11.8. The molecule has 1 aliphatic rings. The van der Waals surface area contributed by atoms with Gasteiger partial charge in [0.2, 0.25) is 5.91 Å². The maximum Gasteiger partial charge on any atom is 0.250 e. The summed E-state index contributed by atoms with van der Waals surface area (Å²) in [5.41, 5.74) is 1.22. The lowest BCUT2D eigenvalue weighted by molar-refractivity contribution is -0.121. The molecule has 108 valence electrons. The predicted octanol–water partition coefficient (Wildman–Crippen LogP) is 1.70. The number of pyridine rings is 1. The lowest BCUT2D eigenvalue weighted by Gasteiger charge is -2.16. The molecule has 0 aliphatic heterocycles. The van der Waals surface area contributed by atoms with Crippen molar-refractivity contribution < 1.29 is 4.79 Å². The molecule has 1 amide bonds. The van der Waals surface area contributed by atoms with Gasteiger partial charge in [-0.3, -0.25) is 9.59 Å². The van der Waals surface area contributed by atoms with Crippen molar-refractivity contribution in [2.45, 2.75) is 24.8 Å². The maximum absolute atomic E-state index is 12.0. The van der Waals surface area contributed by atoms with E-state index in [2.05, 4.69) is 17.4 Å². The Morgan fingerprint density at radius 1 is 1.10 bits per heavy atom. The smallest absolute Gasteiger partial charge is 0.250 e. The standard InChI is InChI=1S/C17H18N2O2/c20-15(12-19-11-5-4-8-16(19)21)18-13-17(9-10-17)14-6-2-1-3-7-14/h1-8,11H,9-10,12-13H2,(H,18,20). The molecule has 4 heteroatoms. The highest BCUT2D eigenvalue weighted by atomic mass is 16.2. The summed E-state index contributed by atoms with van der Waals surface area (Å²) in [6, 6.07) is 15.2. The fraction of sp³-hybridized carbons (Fsp3) is 0.294. The molecular formula is C17H18N2O2. The SMILES string of the molecule is O=C(Cn1ccccc1=O)NCC1(c2ccccc2)CC1. The summed E-state index contributed by atoms with van der Waals surface area (Å²) in [6.07, 6.45) is 3.83. The average molecular weight is 282 g/mol. The van der Waals surface area contributed by atoms with Crippen molar-refractivity contribution in [1.29, 1.82) is 0 Å². The summed E-state index contributed by atoms with van der Waals surface area (Å²) in [5, 5.41) is 2.96. The summed E-state index contributed by atoms with van der Waals surface area (Å²) >= 11 is 0. The molecule has 0 atom stereocenters. The van der Waals surface area contributed by atoms with Crippen LogP contribution in [0.4, 0.5) is 0 Å². The summed E-state index contributed by atoms with van der Waals surface area (Å²) < 4.78 is 1.41. The normalized spacial score (nSPS) is 15.4. The predicted molar refractivity (Wildman–Crippen MR) is 81.1 cm³/mol. The van der Waals surface area contributed by atoms with Crippen molar-refractivity contribution in [2.24, 2.45) is 0 Å². The van der Waals surface area contributed by atoms with Crippen LogP contribution in [0.2, 0.25) is 0 Å². The van der Waals surface area contributed by atoms with Gasteiger partial charge in [-0.25, -0.2) is 0 Å². The molecule has 0 radical (unpaired) electrons. The molecule has 0 bridgehead atoms. The third-order valence-electron chi connectivity index (χ3n) is 4.08. The summed E-state index contributed by atoms with van der Waals surface area (Å²) in [6.45, 7) is 0.710. The molecule has 1 heterocycles. The van der Waals surface area contributed by atoms with Crippen LogP contribution in [0.5, 0.6) is 0 Å². The first-order chi connectivity index (χ1) is 10.2. The van der Waals surface area contributed by atoms with E-state index >= 15 is 0 Å². The molecule has 0 spiro atoms. The third kappa shape index (κ3) is 3.05. The van der Waals surface area contributed by atoms with Crippen LogP contribution in [0, 0.1) is 0 Å². The molecular weight excluding hydrogens is 264 g/mol. The van der Waals surface area contributed by atoms with E-state index in [1.54, 1.807) is 18.3 Å². The van der Waals surface area contributed by atoms with E-state index in [1.165, 1.54) is 16.2 Å². The fourth-order valence-electron chi connectivity index (χ4n) is 2.58. The second-order valence-corrected chi connectivity index (χ2v) is 5.59. The Labute approximate surface area is 123 Å². The van der Waals surface area contributed by atoms with E-state index in [4.69, 9.17) is 0 Å². The molecule has 21 heavy (non-hydrogen) atoms. The second-order valence-electron chi connectivity index (χ2n) is 5.59. The minimum absolute atomic E-state index is 0.0740. The van der Waals surface area contributed by atoms with Crippen molar-refractivity contribution in [2.75, 3.05) is 6.54 Å². The molecule has 0 saturated heterocycles. The van der Waals surface area contributed by atoms with Crippen molar-refractivity contribution >= 4 is 5.91 Å². The topological polar surface area (TPSA) is 51.1 Å². The zero-order chi connectivity index (χ0) is 14.7. The van der Waals surface area contributed by atoms with Crippen molar-refractivity contribution in [3.05, 3.63) is 70.6 Å². The molecule has 1 N–H and O–H groups in total. The van der Waals surface area contributed by atoms with Crippen LogP contribution in [0.15, 0.2) is 59.5 Å². The highest BCUT2D eigenvalue weighted by Gasteiger charge is 2.44. The van der Waals surface area contributed by atoms with Crippen LogP contribution in [0.3, 0.4) is 0 Å². The largest absolute Gasteiger partial charge is 0.354 e. The first-order valence-electron chi connectivity index (χ1n) is 7.17. The van der Waals surface area contributed by atoms with Crippen molar-refractivity contribution in [1.82, 2.24) is 9.88 Å². The Kier molecular flexibility index (Phi) is 3.60. The zero-order valence-corrected chi connectivity index (χ0v) is 11.8. The van der Waals surface area contributed by atoms with Gasteiger partial charge in [-0.2, -0.15) is 0 Å². The van der Waals surface area contributed by atoms with Crippen LogP contribution in [0.1, 0.15) is 18.4 Å². The van der Waals surface area contributed by atoms with Gasteiger partial charge in [-0.1, -0.05) is 36.4 Å². The molecule has 4 nitrogen and oxygen atoms in total. The van der Waals surface area contributed by atoms with Gasteiger partial charge < -0.3 is 9.88 Å². The number of nitrogens with one attached hydrogen (secondary N) is 1. The third-order valence-corrected chi connectivity index (χ3v) is 4.08. The molecule has 1 saturated carbocycles. The number of carbonyl (C=O) groups excluding carboxylic acids is 1.